The van der Waals surface area contributed by atoms with Gasteiger partial charge in [-0.3, -0.25) is 9.55 Å². The first-order chi connectivity index (χ1) is 31.3. The normalized spacial score (nSPS) is 13.1. The zero-order valence-corrected chi connectivity index (χ0v) is 42.4. The van der Waals surface area contributed by atoms with Crippen LogP contribution in [0.25, 0.3) is 83.4 Å². The highest BCUT2D eigenvalue weighted by Gasteiger charge is 2.30. The summed E-state index contributed by atoms with van der Waals surface area (Å²) < 4.78 is 2.31. The van der Waals surface area contributed by atoms with Crippen LogP contribution >= 0.6 is 0 Å². The number of phenolic OH excluding ortho intramolecular Hbond substituents is 1. The topological polar surface area (TPSA) is 66.7 Å². The number of pyridine rings is 1. The number of imidazole rings is 1. The number of hydrogen-bond donors (Lipinski definition) is 2. The summed E-state index contributed by atoms with van der Waals surface area (Å²) in [6.45, 7) is 33.8. The summed E-state index contributed by atoms with van der Waals surface area (Å²) in [5.74, 6) is 0.989. The van der Waals surface area contributed by atoms with E-state index in [9.17, 15) is 5.11 Å². The molecule has 0 amide bonds. The van der Waals surface area contributed by atoms with E-state index < -0.39 is 0 Å². The maximum absolute atomic E-state index is 12.5. The standard InChI is InChI=1S/C62H68N4O/c1-58(2,3)40-29-38(28-39(30-40)52-31-37(26-27-63-52)45-21-18-23-48-47-20-16-17-24-51(47)64-54(45)48)46-22-19-25-53-55(46)65-57(49-35-43(61(10,11)12)36-50(56(49)67)62(13,14)15)66(53)44-33-41(59(4,5)6)32-42(34-44)60(7,8)9/h16-36,64,67H,1-15H3. The largest absolute Gasteiger partial charge is 0.507 e. The van der Waals surface area contributed by atoms with Gasteiger partial charge in [0.25, 0.3) is 0 Å². The fourth-order valence-corrected chi connectivity index (χ4v) is 9.42. The van der Waals surface area contributed by atoms with Gasteiger partial charge in [0.05, 0.1) is 27.8 Å². The number of benzene rings is 6. The fourth-order valence-electron chi connectivity index (χ4n) is 9.42. The minimum absolute atomic E-state index is 0.109. The van der Waals surface area contributed by atoms with Gasteiger partial charge < -0.3 is 10.1 Å². The van der Waals surface area contributed by atoms with E-state index >= 15 is 0 Å². The Morgan fingerprint density at radius 2 is 1.06 bits per heavy atom. The Hall–Kier alpha value is -6.46. The Morgan fingerprint density at radius 3 is 1.72 bits per heavy atom. The van der Waals surface area contributed by atoms with Crippen LogP contribution in [-0.2, 0) is 27.1 Å². The average Bonchev–Trinajstić information content (AvgIpc) is 3.84. The van der Waals surface area contributed by atoms with Crippen LogP contribution in [0.15, 0.2) is 128 Å². The van der Waals surface area contributed by atoms with Crippen molar-refractivity contribution in [3.63, 3.8) is 0 Å². The van der Waals surface area contributed by atoms with Crippen molar-refractivity contribution in [3.8, 4) is 56.3 Å². The fraction of sp³-hybridized carbons (Fsp3) is 0.323. The summed E-state index contributed by atoms with van der Waals surface area (Å²) in [5, 5.41) is 15.0. The van der Waals surface area contributed by atoms with Crippen LogP contribution in [0.1, 0.15) is 132 Å². The second kappa shape index (κ2) is 15.8. The van der Waals surface area contributed by atoms with E-state index in [1.807, 2.05) is 6.20 Å². The highest BCUT2D eigenvalue weighted by atomic mass is 16.3. The summed E-state index contributed by atoms with van der Waals surface area (Å²) in [7, 11) is 0. The van der Waals surface area contributed by atoms with Crippen molar-refractivity contribution in [3.05, 3.63) is 155 Å². The second-order valence-electron chi connectivity index (χ2n) is 24.0. The van der Waals surface area contributed by atoms with Gasteiger partial charge in [0.1, 0.15) is 11.6 Å². The third-order valence-electron chi connectivity index (χ3n) is 13.6. The van der Waals surface area contributed by atoms with Gasteiger partial charge in [-0.1, -0.05) is 171 Å². The Labute approximate surface area is 398 Å². The molecular formula is C62H68N4O. The first kappa shape index (κ1) is 45.7. The highest BCUT2D eigenvalue weighted by molar-refractivity contribution is 6.12. The molecule has 9 aromatic rings. The van der Waals surface area contributed by atoms with Crippen molar-refractivity contribution in [1.29, 1.82) is 0 Å². The number of para-hydroxylation sites is 3. The van der Waals surface area contributed by atoms with Gasteiger partial charge in [-0.15, -0.1) is 0 Å². The van der Waals surface area contributed by atoms with Crippen LogP contribution in [0.3, 0.4) is 0 Å². The van der Waals surface area contributed by atoms with Gasteiger partial charge in [0.15, 0.2) is 0 Å². The summed E-state index contributed by atoms with van der Waals surface area (Å²) in [5.41, 5.74) is 17.1. The Bertz CT molecular complexity index is 3350. The molecule has 0 fully saturated rings. The van der Waals surface area contributed by atoms with Gasteiger partial charge in [-0.2, -0.15) is 0 Å². The number of fused-ring (bicyclic) bond motifs is 4. The van der Waals surface area contributed by atoms with Gasteiger partial charge in [-0.05, 0) is 115 Å². The smallest absolute Gasteiger partial charge is 0.149 e. The first-order valence-electron chi connectivity index (χ1n) is 24.0. The molecule has 0 bridgehead atoms. The van der Waals surface area contributed by atoms with E-state index in [1.165, 1.54) is 27.5 Å². The minimum atomic E-state index is -0.315. The molecule has 0 aliphatic carbocycles. The van der Waals surface area contributed by atoms with E-state index in [0.29, 0.717) is 0 Å². The SMILES string of the molecule is CC(C)(C)c1cc(-c2cc(-c3cccc4c3[nH]c3ccccc34)ccn2)cc(-c2cccc3c2nc(-c2cc(C(C)(C)C)cc(C(C)(C)C)c2O)n3-c2cc(C(C)(C)C)cc(C(C)(C)C)c2)c1. The van der Waals surface area contributed by atoms with Gasteiger partial charge in [0.2, 0.25) is 0 Å². The predicted octanol–water partition coefficient (Wildman–Crippen LogP) is 16.9. The quantitative estimate of drug-likeness (QED) is 0.181. The molecule has 3 aromatic heterocycles. The lowest BCUT2D eigenvalue weighted by atomic mass is 9.78. The molecule has 342 valence electrons. The molecule has 3 heterocycles. The van der Waals surface area contributed by atoms with E-state index in [-0.39, 0.29) is 32.8 Å². The first-order valence-corrected chi connectivity index (χ1v) is 24.0. The Kier molecular flexibility index (Phi) is 10.8. The van der Waals surface area contributed by atoms with Crippen molar-refractivity contribution in [2.75, 3.05) is 0 Å². The van der Waals surface area contributed by atoms with Crippen molar-refractivity contribution in [2.24, 2.45) is 0 Å². The zero-order valence-electron chi connectivity index (χ0n) is 42.4. The van der Waals surface area contributed by atoms with E-state index in [4.69, 9.17) is 9.97 Å². The summed E-state index contributed by atoms with van der Waals surface area (Å²) in [6.07, 6.45) is 1.94. The van der Waals surface area contributed by atoms with Crippen LogP contribution in [0.4, 0.5) is 0 Å². The summed E-state index contributed by atoms with van der Waals surface area (Å²) in [6, 6.07) is 44.3. The van der Waals surface area contributed by atoms with Crippen LogP contribution < -0.4 is 0 Å². The molecule has 0 spiro atoms. The molecule has 67 heavy (non-hydrogen) atoms. The van der Waals surface area contributed by atoms with Crippen molar-refractivity contribution in [1.82, 2.24) is 19.5 Å². The number of aromatic amines is 1. The van der Waals surface area contributed by atoms with E-state index in [1.54, 1.807) is 0 Å². The number of H-pyrrole nitrogens is 1. The van der Waals surface area contributed by atoms with Gasteiger partial charge in [0, 0.05) is 50.4 Å². The molecule has 0 unspecified atom stereocenters. The third-order valence-corrected chi connectivity index (χ3v) is 13.6. The van der Waals surface area contributed by atoms with Crippen molar-refractivity contribution < 1.29 is 5.11 Å². The lowest BCUT2D eigenvalue weighted by Crippen LogP contribution is -2.18. The minimum Gasteiger partial charge on any atom is -0.507 e. The highest BCUT2D eigenvalue weighted by Crippen LogP contribution is 2.46. The van der Waals surface area contributed by atoms with Crippen molar-refractivity contribution >= 4 is 32.8 Å². The van der Waals surface area contributed by atoms with E-state index in [2.05, 4.69) is 235 Å². The lowest BCUT2D eigenvalue weighted by molar-refractivity contribution is 0.446. The molecule has 0 saturated heterocycles. The molecule has 5 nitrogen and oxygen atoms in total. The number of nitrogens with one attached hydrogen (secondary N) is 1. The molecule has 2 N–H and O–H groups in total. The number of aromatic hydroxyl groups is 1. The van der Waals surface area contributed by atoms with Crippen LogP contribution in [0, 0.1) is 0 Å². The average molecular weight is 885 g/mol. The molecule has 0 aliphatic heterocycles. The molecule has 0 aliphatic rings. The maximum Gasteiger partial charge on any atom is 0.149 e. The zero-order chi connectivity index (χ0) is 48.2. The maximum atomic E-state index is 12.5. The third kappa shape index (κ3) is 8.47. The van der Waals surface area contributed by atoms with Gasteiger partial charge >= 0.3 is 0 Å². The number of aromatic nitrogens is 4. The Morgan fingerprint density at radius 1 is 0.478 bits per heavy atom. The molecule has 0 saturated carbocycles. The summed E-state index contributed by atoms with van der Waals surface area (Å²) >= 11 is 0. The van der Waals surface area contributed by atoms with Gasteiger partial charge in [-0.25, -0.2) is 4.98 Å². The second-order valence-corrected chi connectivity index (χ2v) is 24.0. The van der Waals surface area contributed by atoms with Crippen molar-refractivity contribution in [2.45, 2.75) is 131 Å². The molecule has 9 rings (SSSR count). The van der Waals surface area contributed by atoms with Crippen LogP contribution in [0.5, 0.6) is 5.75 Å². The number of rotatable bonds is 5. The molecular weight excluding hydrogens is 817 g/mol. The van der Waals surface area contributed by atoms with Crippen LogP contribution in [0.2, 0.25) is 0 Å². The van der Waals surface area contributed by atoms with Crippen LogP contribution in [-0.4, -0.2) is 24.6 Å². The number of hydrogen-bond acceptors (Lipinski definition) is 3. The molecule has 5 heteroatoms. The molecule has 0 atom stereocenters. The lowest BCUT2D eigenvalue weighted by Gasteiger charge is -2.28. The summed E-state index contributed by atoms with van der Waals surface area (Å²) in [4.78, 5) is 14.5. The monoisotopic (exact) mass is 885 g/mol. The number of nitrogens with zero attached hydrogens (tertiary/aromatic N) is 3. The van der Waals surface area contributed by atoms with E-state index in [0.717, 1.165) is 83.8 Å². The number of phenols is 1. The Balaban J connectivity index is 1.32. The molecule has 6 aromatic carbocycles. The molecule has 0 radical (unpaired) electrons. The predicted molar refractivity (Wildman–Crippen MR) is 285 cm³/mol.